The first-order chi connectivity index (χ1) is 12.1. The third-order valence-electron chi connectivity index (χ3n) is 3.62. The number of rotatable bonds is 7. The van der Waals surface area contributed by atoms with Crippen molar-refractivity contribution < 1.29 is 14.3 Å². The second kappa shape index (κ2) is 9.79. The van der Waals surface area contributed by atoms with Crippen molar-refractivity contribution in [3.63, 3.8) is 0 Å². The molecule has 0 saturated heterocycles. The smallest absolute Gasteiger partial charge is 0.331 e. The molecule has 1 N–H and O–H groups in total. The van der Waals surface area contributed by atoms with Crippen LogP contribution in [0.3, 0.4) is 0 Å². The van der Waals surface area contributed by atoms with Crippen molar-refractivity contribution in [1.29, 1.82) is 0 Å². The predicted molar refractivity (Wildman–Crippen MR) is 102 cm³/mol. The average Bonchev–Trinajstić information content (AvgIpc) is 2.64. The fourth-order valence-corrected chi connectivity index (χ4v) is 2.59. The van der Waals surface area contributed by atoms with E-state index in [0.29, 0.717) is 6.54 Å². The molecule has 1 atom stereocenters. The first-order valence-corrected chi connectivity index (χ1v) is 8.76. The molecule has 5 heteroatoms. The highest BCUT2D eigenvalue weighted by molar-refractivity contribution is 9.10. The molecule has 0 aromatic heterocycles. The minimum absolute atomic E-state index is 0.191. The third-order valence-corrected chi connectivity index (χ3v) is 4.35. The Hall–Kier alpha value is -2.40. The molecule has 0 aliphatic rings. The van der Waals surface area contributed by atoms with Crippen LogP contribution in [0.15, 0.2) is 65.1 Å². The number of hydrogen-bond acceptors (Lipinski definition) is 3. The van der Waals surface area contributed by atoms with Gasteiger partial charge in [-0.3, -0.25) is 4.79 Å². The van der Waals surface area contributed by atoms with Crippen molar-refractivity contribution in [2.75, 3.05) is 13.2 Å². The number of benzene rings is 2. The molecule has 0 saturated carbocycles. The van der Waals surface area contributed by atoms with Crippen LogP contribution in [-0.2, 0) is 14.3 Å². The maximum absolute atomic E-state index is 11.8. The number of ether oxygens (including phenoxy) is 1. The monoisotopic (exact) mass is 401 g/mol. The number of carbonyl (C=O) groups excluding carboxylic acids is 2. The lowest BCUT2D eigenvalue weighted by Gasteiger charge is -2.12. The van der Waals surface area contributed by atoms with Crippen molar-refractivity contribution in [2.45, 2.75) is 12.8 Å². The van der Waals surface area contributed by atoms with Crippen molar-refractivity contribution in [2.24, 2.45) is 0 Å². The second-order valence-electron chi connectivity index (χ2n) is 5.58. The molecule has 1 amide bonds. The lowest BCUT2D eigenvalue weighted by Crippen LogP contribution is -2.31. The molecule has 0 bridgehead atoms. The molecule has 0 radical (unpaired) electrons. The van der Waals surface area contributed by atoms with E-state index in [4.69, 9.17) is 4.74 Å². The van der Waals surface area contributed by atoms with Crippen LogP contribution in [0.1, 0.15) is 24.0 Å². The molecular weight excluding hydrogens is 382 g/mol. The molecule has 0 spiro atoms. The molecule has 4 nitrogen and oxygen atoms in total. The number of carbonyl (C=O) groups is 2. The summed E-state index contributed by atoms with van der Waals surface area (Å²) in [6, 6.07) is 17.4. The van der Waals surface area contributed by atoms with Gasteiger partial charge >= 0.3 is 5.97 Å². The van der Waals surface area contributed by atoms with Gasteiger partial charge in [0.15, 0.2) is 6.61 Å². The molecule has 0 aliphatic heterocycles. The molecule has 0 heterocycles. The SMILES string of the molecule is C[C@@H](CNC(=O)COC(=O)/C=C/c1ccccc1Br)c1ccccc1. The van der Waals surface area contributed by atoms with E-state index in [1.165, 1.54) is 6.08 Å². The van der Waals surface area contributed by atoms with Crippen molar-refractivity contribution in [3.05, 3.63) is 76.3 Å². The van der Waals surface area contributed by atoms with E-state index < -0.39 is 5.97 Å². The van der Waals surface area contributed by atoms with Gasteiger partial charge in [-0.05, 0) is 29.2 Å². The first-order valence-electron chi connectivity index (χ1n) is 7.97. The standard InChI is InChI=1S/C20H20BrNO3/c1-15(16-7-3-2-4-8-16)13-22-19(23)14-25-20(24)12-11-17-9-5-6-10-18(17)21/h2-12,15H,13-14H2,1H3,(H,22,23)/b12-11+/t15-/m0/s1. The zero-order valence-electron chi connectivity index (χ0n) is 13.9. The van der Waals surface area contributed by atoms with E-state index in [1.54, 1.807) is 6.08 Å². The van der Waals surface area contributed by atoms with Crippen LogP contribution >= 0.6 is 15.9 Å². The Kier molecular flexibility index (Phi) is 7.41. The Morgan fingerprint density at radius 3 is 2.52 bits per heavy atom. The molecule has 0 aliphatic carbocycles. The summed E-state index contributed by atoms with van der Waals surface area (Å²) in [5, 5.41) is 2.77. The topological polar surface area (TPSA) is 55.4 Å². The highest BCUT2D eigenvalue weighted by Crippen LogP contribution is 2.17. The van der Waals surface area contributed by atoms with Crippen LogP contribution in [0.5, 0.6) is 0 Å². The van der Waals surface area contributed by atoms with Gasteiger partial charge in [-0.1, -0.05) is 71.4 Å². The minimum Gasteiger partial charge on any atom is -0.452 e. The summed E-state index contributed by atoms with van der Waals surface area (Å²) in [5.41, 5.74) is 2.01. The Morgan fingerprint density at radius 1 is 1.12 bits per heavy atom. The highest BCUT2D eigenvalue weighted by Gasteiger charge is 2.09. The van der Waals surface area contributed by atoms with Crippen LogP contribution in [0.2, 0.25) is 0 Å². The second-order valence-corrected chi connectivity index (χ2v) is 6.43. The first kappa shape index (κ1) is 18.9. The van der Waals surface area contributed by atoms with Gasteiger partial charge < -0.3 is 10.1 Å². The lowest BCUT2D eigenvalue weighted by molar-refractivity contribution is -0.143. The van der Waals surface area contributed by atoms with Gasteiger partial charge in [-0.2, -0.15) is 0 Å². The predicted octanol–water partition coefficient (Wildman–Crippen LogP) is 3.93. The summed E-state index contributed by atoms with van der Waals surface area (Å²) in [6.07, 6.45) is 2.95. The molecule has 130 valence electrons. The third kappa shape index (κ3) is 6.55. The Balaban J connectivity index is 1.72. The summed E-state index contributed by atoms with van der Waals surface area (Å²) in [6.45, 7) is 2.23. The van der Waals surface area contributed by atoms with E-state index in [9.17, 15) is 9.59 Å². The van der Waals surface area contributed by atoms with Gasteiger partial charge in [-0.25, -0.2) is 4.79 Å². The summed E-state index contributed by atoms with van der Waals surface area (Å²) in [5.74, 6) is -0.677. The zero-order valence-corrected chi connectivity index (χ0v) is 15.5. The largest absolute Gasteiger partial charge is 0.452 e. The number of amides is 1. The van der Waals surface area contributed by atoms with Crippen molar-refractivity contribution in [1.82, 2.24) is 5.32 Å². The maximum Gasteiger partial charge on any atom is 0.331 e. The number of esters is 1. The van der Waals surface area contributed by atoms with E-state index in [-0.39, 0.29) is 18.4 Å². The quantitative estimate of drug-likeness (QED) is 0.564. The summed E-state index contributed by atoms with van der Waals surface area (Å²) in [7, 11) is 0. The van der Waals surface area contributed by atoms with Gasteiger partial charge in [0.25, 0.3) is 5.91 Å². The Morgan fingerprint density at radius 2 is 1.80 bits per heavy atom. The van der Waals surface area contributed by atoms with Gasteiger partial charge in [-0.15, -0.1) is 0 Å². The summed E-state index contributed by atoms with van der Waals surface area (Å²) < 4.78 is 5.83. The fourth-order valence-electron chi connectivity index (χ4n) is 2.17. The molecule has 2 aromatic carbocycles. The number of nitrogens with one attached hydrogen (secondary N) is 1. The van der Waals surface area contributed by atoms with Crippen LogP contribution in [0, 0.1) is 0 Å². The van der Waals surface area contributed by atoms with Crippen molar-refractivity contribution >= 4 is 33.9 Å². The molecule has 2 aromatic rings. The zero-order chi connectivity index (χ0) is 18.1. The van der Waals surface area contributed by atoms with E-state index in [0.717, 1.165) is 15.6 Å². The molecule has 0 unspecified atom stereocenters. The minimum atomic E-state index is -0.554. The fraction of sp³-hybridized carbons (Fsp3) is 0.200. The van der Waals surface area contributed by atoms with Gasteiger partial charge in [0, 0.05) is 17.1 Å². The average molecular weight is 402 g/mol. The Labute approximate surface area is 156 Å². The highest BCUT2D eigenvalue weighted by atomic mass is 79.9. The number of halogens is 1. The van der Waals surface area contributed by atoms with Crippen molar-refractivity contribution in [3.8, 4) is 0 Å². The van der Waals surface area contributed by atoms with E-state index in [1.807, 2.05) is 61.5 Å². The van der Waals surface area contributed by atoms with E-state index in [2.05, 4.69) is 21.2 Å². The summed E-state index contributed by atoms with van der Waals surface area (Å²) in [4.78, 5) is 23.5. The molecule has 2 rings (SSSR count). The normalized spacial score (nSPS) is 11.9. The van der Waals surface area contributed by atoms with Crippen LogP contribution < -0.4 is 5.32 Å². The van der Waals surface area contributed by atoms with Crippen LogP contribution in [-0.4, -0.2) is 25.0 Å². The maximum atomic E-state index is 11.8. The van der Waals surface area contributed by atoms with Crippen LogP contribution in [0.25, 0.3) is 6.08 Å². The van der Waals surface area contributed by atoms with Gasteiger partial charge in [0.1, 0.15) is 0 Å². The van der Waals surface area contributed by atoms with Gasteiger partial charge in [0.2, 0.25) is 0 Å². The molecular formula is C20H20BrNO3. The summed E-state index contributed by atoms with van der Waals surface area (Å²) >= 11 is 3.39. The van der Waals surface area contributed by atoms with Gasteiger partial charge in [0.05, 0.1) is 0 Å². The lowest BCUT2D eigenvalue weighted by atomic mass is 10.0. The number of hydrogen-bond donors (Lipinski definition) is 1. The molecule has 25 heavy (non-hydrogen) atoms. The van der Waals surface area contributed by atoms with Crippen LogP contribution in [0.4, 0.5) is 0 Å². The molecule has 0 fully saturated rings. The van der Waals surface area contributed by atoms with E-state index >= 15 is 0 Å². The Bertz CT molecular complexity index is 744.